The fraction of sp³-hybridized carbons (Fsp3) is 0.506. The molecule has 18 amide bonds. The minimum absolute atomic E-state index is 0.000499. The van der Waals surface area contributed by atoms with Crippen LogP contribution in [0.3, 0.4) is 0 Å². The zero-order valence-corrected chi connectivity index (χ0v) is 75.2. The second-order valence-corrected chi connectivity index (χ2v) is 34.0. The highest BCUT2D eigenvalue weighted by atomic mass is 32.2. The number of amides is 18. The minimum atomic E-state index is -1.92. The summed E-state index contributed by atoms with van der Waals surface area (Å²) >= 11 is 0.764. The molecule has 0 radical (unpaired) electrons. The van der Waals surface area contributed by atoms with Gasteiger partial charge in [0.25, 0.3) is 0 Å². The molecule has 132 heavy (non-hydrogen) atoms. The quantitative estimate of drug-likeness (QED) is 0.0287. The largest absolute Gasteiger partial charge is 0.508 e. The van der Waals surface area contributed by atoms with E-state index in [9.17, 15) is 68.1 Å². The highest BCUT2D eigenvalue weighted by Gasteiger charge is 2.47. The first-order chi connectivity index (χ1) is 62.9. The van der Waals surface area contributed by atoms with Gasteiger partial charge in [-0.25, -0.2) is 4.98 Å². The van der Waals surface area contributed by atoms with Crippen LogP contribution < -0.4 is 70.4 Å². The number of aliphatic hydroxyl groups excluding tert-OH is 2. The van der Waals surface area contributed by atoms with Crippen molar-refractivity contribution in [2.75, 3.05) is 72.1 Å². The number of nitrogens with zero attached hydrogens (tertiary/aromatic N) is 6. The van der Waals surface area contributed by atoms with E-state index in [4.69, 9.17) is 21.9 Å². The van der Waals surface area contributed by atoms with Gasteiger partial charge in [0.2, 0.25) is 106 Å². The van der Waals surface area contributed by atoms with Crippen molar-refractivity contribution in [3.8, 4) is 5.75 Å². The number of unbranched alkanes of at least 4 members (excludes halogenated alkanes) is 2. The number of aromatic nitrogens is 4. The van der Waals surface area contributed by atoms with Gasteiger partial charge >= 0.3 is 0 Å². The molecule has 22 N–H and O–H groups in total. The second kappa shape index (κ2) is 48.4. The van der Waals surface area contributed by atoms with Crippen LogP contribution in [0.15, 0.2) is 97.7 Å². The summed E-state index contributed by atoms with van der Waals surface area (Å²) < 4.78 is 5.69. The minimum Gasteiger partial charge on any atom is -0.508 e. The Kier molecular flexibility index (Phi) is 37.4. The first kappa shape index (κ1) is 102. The zero-order valence-electron chi connectivity index (χ0n) is 74.4. The molecule has 0 saturated carbocycles. The maximum Gasteiger partial charge on any atom is 0.246 e. The van der Waals surface area contributed by atoms with Crippen LogP contribution in [0.2, 0.25) is 0 Å². The van der Waals surface area contributed by atoms with Crippen molar-refractivity contribution >= 4 is 140 Å². The van der Waals surface area contributed by atoms with Gasteiger partial charge in [-0.05, 0) is 74.1 Å². The summed E-state index contributed by atoms with van der Waals surface area (Å²) in [4.78, 5) is 279. The number of aliphatic hydroxyl groups is 2. The standard InChI is InChI=1S/C87H118N22O22S/c1-8-10-20-66-80(123)96-46(3)74(117)104-65(76(119)94-39-72(90)115)43-132-44-73(116)97-61(30-48-22-24-52(111)25-23-48)83(126)105(5)47(4)75(118)101-63(35-71(89)114)86(129)108-28-29-131-42-69(108)82(125)100-60(33-51-38-91-45-95-51)78(121)98-58(26-27-70(88)113)85(128)109-40-53(112)34-68(109)81(124)99-59(31-49-36-92-56-18-14-12-16-54(49)56)77(120)103-64(41-110)79(122)102-62(32-50-37-93-57-19-15-13-17-55(50)57)84(127)107(7)67(21-11-9-2)87(130)106(66)6/h12-19,22-25,36-38,45-47,53,58-69,92-93,110-112H,8-11,20-21,26-35,39-44H2,1-7H3,(H2,88,113)(H2,89,114)(H2,90,115)(H,91,95)(H,94,119)(H,96,123)(H,97,116)(H,98,121)(H,99,124)(H,100,125)(H,101,118)(H,102,122)(H,103,120)(H,104,117)/t46-,47-,53+,58+,59-,60-,61-,62-,63-,64-,65-,66-,67-,68-,69-/m0/s1. The molecule has 45 heteroatoms. The number of ether oxygens (including phenoxy) is 1. The van der Waals surface area contributed by atoms with Crippen molar-refractivity contribution in [1.82, 2.24) is 97.6 Å². The number of benzene rings is 3. The number of carbonyl (C=O) groups excluding carboxylic acids is 18. The van der Waals surface area contributed by atoms with Crippen LogP contribution in [0.25, 0.3) is 21.8 Å². The van der Waals surface area contributed by atoms with Gasteiger partial charge in [-0.2, -0.15) is 0 Å². The summed E-state index contributed by atoms with van der Waals surface area (Å²) in [6.07, 6.45) is 2.13. The lowest BCUT2D eigenvalue weighted by molar-refractivity contribution is -0.152. The van der Waals surface area contributed by atoms with Crippen molar-refractivity contribution in [3.05, 3.63) is 120 Å². The van der Waals surface area contributed by atoms with Crippen LogP contribution in [-0.2, 0) is 117 Å². The van der Waals surface area contributed by atoms with Crippen LogP contribution >= 0.6 is 11.8 Å². The first-order valence-electron chi connectivity index (χ1n) is 43.5. The van der Waals surface area contributed by atoms with Crippen LogP contribution in [-0.4, -0.2) is 329 Å². The number of carbonyl (C=O) groups is 18. The van der Waals surface area contributed by atoms with E-state index >= 15 is 33.6 Å². The number of phenolic OH excluding ortho intramolecular Hbond substituents is 1. The molecular formula is C87H118N22O22S. The van der Waals surface area contributed by atoms with Gasteiger partial charge in [-0.3, -0.25) is 86.3 Å². The van der Waals surface area contributed by atoms with E-state index in [-0.39, 0.29) is 56.7 Å². The van der Waals surface area contributed by atoms with Gasteiger partial charge in [-0.15, -0.1) is 11.8 Å². The van der Waals surface area contributed by atoms with Gasteiger partial charge in [0.15, 0.2) is 0 Å². The van der Waals surface area contributed by atoms with E-state index in [1.807, 2.05) is 13.8 Å². The number of aromatic hydroxyl groups is 1. The summed E-state index contributed by atoms with van der Waals surface area (Å²) in [5, 5.41) is 59.7. The summed E-state index contributed by atoms with van der Waals surface area (Å²) in [6.45, 7) is 2.62. The summed E-state index contributed by atoms with van der Waals surface area (Å²) in [5.41, 5.74) is 19.5. The molecule has 3 fully saturated rings. The molecule has 6 aromatic rings. The number of nitrogens with one attached hydrogen (secondary N) is 13. The van der Waals surface area contributed by atoms with E-state index in [1.54, 1.807) is 60.9 Å². The number of morpholine rings is 1. The molecule has 15 atom stereocenters. The molecule has 0 aliphatic carbocycles. The molecule has 44 nitrogen and oxygen atoms in total. The predicted molar refractivity (Wildman–Crippen MR) is 477 cm³/mol. The summed E-state index contributed by atoms with van der Waals surface area (Å²) in [7, 11) is 3.87. The molecule has 6 heterocycles. The lowest BCUT2D eigenvalue weighted by Gasteiger charge is -2.37. The van der Waals surface area contributed by atoms with Crippen LogP contribution in [0.5, 0.6) is 5.75 Å². The number of imidazole rings is 1. The van der Waals surface area contributed by atoms with Gasteiger partial charge < -0.3 is 130 Å². The second-order valence-electron chi connectivity index (χ2n) is 33.0. The van der Waals surface area contributed by atoms with Crippen molar-refractivity contribution in [1.29, 1.82) is 0 Å². The maximum absolute atomic E-state index is 15.6. The third kappa shape index (κ3) is 27.8. The third-order valence-electron chi connectivity index (χ3n) is 23.3. The van der Waals surface area contributed by atoms with E-state index < -0.39 is 267 Å². The molecule has 3 aromatic carbocycles. The number of phenols is 1. The van der Waals surface area contributed by atoms with Crippen molar-refractivity contribution in [2.24, 2.45) is 17.2 Å². The van der Waals surface area contributed by atoms with Gasteiger partial charge in [-0.1, -0.05) is 88.1 Å². The number of likely N-dealkylation sites (N-methyl/N-ethyl adjacent to an activating group) is 3. The van der Waals surface area contributed by atoms with Gasteiger partial charge in [0, 0.05) is 125 Å². The molecule has 0 bridgehead atoms. The Morgan fingerprint density at radius 1 is 0.538 bits per heavy atom. The topological polar surface area (TPSA) is 652 Å². The van der Waals surface area contributed by atoms with Crippen molar-refractivity contribution in [3.63, 3.8) is 0 Å². The Morgan fingerprint density at radius 2 is 1.08 bits per heavy atom. The number of nitrogens with two attached hydrogens (primary N) is 3. The fourth-order valence-corrected chi connectivity index (χ4v) is 16.6. The Bertz CT molecular complexity index is 5150. The van der Waals surface area contributed by atoms with Gasteiger partial charge in [0.1, 0.15) is 90.3 Å². The molecular weight excluding hydrogens is 1740 g/mol. The van der Waals surface area contributed by atoms with E-state index in [0.717, 1.165) is 36.3 Å². The van der Waals surface area contributed by atoms with Crippen LogP contribution in [0, 0.1) is 0 Å². The van der Waals surface area contributed by atoms with Gasteiger partial charge in [0.05, 0.1) is 51.0 Å². The fourth-order valence-electron chi connectivity index (χ4n) is 15.8. The number of hydrogen-bond acceptors (Lipinski definition) is 24. The average Bonchev–Trinajstić information content (AvgIpc) is 1.63. The molecule has 3 saturated heterocycles. The number of thioether (sulfide) groups is 1. The van der Waals surface area contributed by atoms with Crippen molar-refractivity contribution in [2.45, 2.75) is 208 Å². The normalized spacial score (nSPS) is 25.1. The molecule has 3 aromatic heterocycles. The zero-order chi connectivity index (χ0) is 96.3. The number of H-pyrrole nitrogens is 3. The SMILES string of the molecule is CCCC[C@H]1C(=O)N(C)[C@@H](CCCC)C(=O)N[C@@H](C)C(=O)N[C@H](C(=O)NCC(N)=O)CSCC(=O)N[C@@H](Cc2ccc(O)cc2)C(=O)N(C)[C@@H](C)C(=O)N[C@@H](CC(N)=O)C(=O)N2CCOC[C@H]2C(=O)N[C@@H](Cc2cnc[nH]2)C(=O)N[C@H](CCC(N)=O)C(=O)N2C[C@H](O)C[C@H]2C(=O)N[C@@H](Cc2c[nH]c3ccccc23)C(=O)N[C@@H](CO)C(=O)N[C@@H](Cc2c[nH]c3ccccc23)C(=O)N1C. The number of rotatable bonds is 23. The first-order valence-corrected chi connectivity index (χ1v) is 44.6. The number of primary amides is 3. The maximum atomic E-state index is 15.6. The van der Waals surface area contributed by atoms with Crippen LogP contribution in [0.1, 0.15) is 114 Å². The molecule has 3 aliphatic rings. The molecule has 9 rings (SSSR count). The molecule has 0 unspecified atom stereocenters. The highest BCUT2D eigenvalue weighted by Crippen LogP contribution is 2.27. The van der Waals surface area contributed by atoms with E-state index in [1.165, 1.54) is 71.8 Å². The number of fused-ring (bicyclic) bond motifs is 4. The smallest absolute Gasteiger partial charge is 0.246 e. The average molecular weight is 1860 g/mol. The Labute approximate surface area is 763 Å². The lowest BCUT2D eigenvalue weighted by Crippen LogP contribution is -2.64. The lowest BCUT2D eigenvalue weighted by atomic mass is 10.00. The number of hydrogen-bond donors (Lipinski definition) is 19. The Balaban J connectivity index is 1.09. The molecule has 0 spiro atoms. The Morgan fingerprint density at radius 3 is 1.68 bits per heavy atom. The summed E-state index contributed by atoms with van der Waals surface area (Å²) in [6, 6.07) is -3.33. The molecule has 714 valence electrons. The number of para-hydroxylation sites is 2. The predicted octanol–water partition coefficient (Wildman–Crippen LogP) is -4.72. The third-order valence-corrected chi connectivity index (χ3v) is 24.3. The van der Waals surface area contributed by atoms with Crippen LogP contribution in [0.4, 0.5) is 0 Å². The van der Waals surface area contributed by atoms with E-state index in [2.05, 4.69) is 73.1 Å². The van der Waals surface area contributed by atoms with E-state index in [0.29, 0.717) is 64.2 Å². The number of aromatic amines is 3. The van der Waals surface area contributed by atoms with Crippen molar-refractivity contribution < 1.29 is 106 Å². The Hall–Kier alpha value is -13.6. The highest BCUT2D eigenvalue weighted by molar-refractivity contribution is 8.00. The monoisotopic (exact) mass is 1850 g/mol. The summed E-state index contributed by atoms with van der Waals surface area (Å²) in [5.74, 6) is -19.0. The molecule has 3 aliphatic heterocycles.